The summed E-state index contributed by atoms with van der Waals surface area (Å²) in [7, 11) is 1.78. The Kier molecular flexibility index (Phi) is 4.49. The van der Waals surface area contributed by atoms with E-state index in [1.165, 1.54) is 0 Å². The molecule has 5 nitrogen and oxygen atoms in total. The molecule has 0 saturated heterocycles. The quantitative estimate of drug-likeness (QED) is 0.807. The van der Waals surface area contributed by atoms with E-state index in [0.717, 1.165) is 23.6 Å². The Morgan fingerprint density at radius 3 is 2.69 bits per heavy atom. The summed E-state index contributed by atoms with van der Waals surface area (Å²) in [5, 5.41) is 6.87. The lowest BCUT2D eigenvalue weighted by atomic mass is 10.2. The van der Waals surface area contributed by atoms with Crippen molar-refractivity contribution in [1.29, 1.82) is 0 Å². The summed E-state index contributed by atoms with van der Waals surface area (Å²) in [6.07, 6.45) is 0. The summed E-state index contributed by atoms with van der Waals surface area (Å²) in [4.78, 5) is 13.3. The summed E-state index contributed by atoms with van der Waals surface area (Å²) >= 11 is 0. The molecular weight excluding hydrogens is 206 g/mol. The minimum absolute atomic E-state index is 0.0712. The molecule has 16 heavy (non-hydrogen) atoms. The Balaban J connectivity index is 2.57. The second-order valence-corrected chi connectivity index (χ2v) is 3.83. The average molecular weight is 225 g/mol. The van der Waals surface area contributed by atoms with E-state index in [4.69, 9.17) is 4.52 Å². The molecule has 0 atom stereocenters. The van der Waals surface area contributed by atoms with Gasteiger partial charge in [0.15, 0.2) is 0 Å². The standard InChI is InChI=1S/C11H19N3O2/c1-5-12-6-11(15)14(4)7-10-8(2)13-16-9(10)3/h12H,5-7H2,1-4H3. The molecule has 0 radical (unpaired) electrons. The van der Waals surface area contributed by atoms with Gasteiger partial charge in [0, 0.05) is 12.6 Å². The number of hydrogen-bond acceptors (Lipinski definition) is 4. The van der Waals surface area contributed by atoms with Crippen LogP contribution in [0, 0.1) is 13.8 Å². The molecule has 0 spiro atoms. The number of aryl methyl sites for hydroxylation is 2. The Hall–Kier alpha value is -1.36. The van der Waals surface area contributed by atoms with Gasteiger partial charge in [0.05, 0.1) is 18.8 Å². The molecule has 0 aliphatic carbocycles. The Morgan fingerprint density at radius 1 is 1.50 bits per heavy atom. The summed E-state index contributed by atoms with van der Waals surface area (Å²) in [5.74, 6) is 0.849. The molecule has 0 bridgehead atoms. The van der Waals surface area contributed by atoms with Crippen LogP contribution < -0.4 is 5.32 Å². The number of carbonyl (C=O) groups is 1. The Bertz CT molecular complexity index is 341. The predicted octanol–water partition coefficient (Wildman–Crippen LogP) is 0.859. The third-order valence-electron chi connectivity index (χ3n) is 2.53. The van der Waals surface area contributed by atoms with Gasteiger partial charge in [-0.25, -0.2) is 0 Å². The molecule has 1 aromatic heterocycles. The van der Waals surface area contributed by atoms with E-state index in [0.29, 0.717) is 13.1 Å². The van der Waals surface area contributed by atoms with Crippen LogP contribution >= 0.6 is 0 Å². The average Bonchev–Trinajstić information content (AvgIpc) is 2.57. The fourth-order valence-electron chi connectivity index (χ4n) is 1.42. The molecule has 0 unspecified atom stereocenters. The Morgan fingerprint density at radius 2 is 2.19 bits per heavy atom. The third-order valence-corrected chi connectivity index (χ3v) is 2.53. The summed E-state index contributed by atoms with van der Waals surface area (Å²) in [6, 6.07) is 0. The zero-order valence-corrected chi connectivity index (χ0v) is 10.3. The van der Waals surface area contributed by atoms with Crippen LogP contribution in [0.2, 0.25) is 0 Å². The van der Waals surface area contributed by atoms with Crippen LogP contribution in [0.1, 0.15) is 23.9 Å². The molecule has 90 valence electrons. The van der Waals surface area contributed by atoms with Gasteiger partial charge in [0.25, 0.3) is 0 Å². The van der Waals surface area contributed by atoms with Gasteiger partial charge in [0.2, 0.25) is 5.91 Å². The largest absolute Gasteiger partial charge is 0.361 e. The van der Waals surface area contributed by atoms with Crippen molar-refractivity contribution >= 4 is 5.91 Å². The van der Waals surface area contributed by atoms with Crippen molar-refractivity contribution in [3.63, 3.8) is 0 Å². The maximum Gasteiger partial charge on any atom is 0.236 e. The zero-order chi connectivity index (χ0) is 12.1. The second-order valence-electron chi connectivity index (χ2n) is 3.83. The highest BCUT2D eigenvalue weighted by Crippen LogP contribution is 2.13. The third kappa shape index (κ3) is 3.06. The SMILES string of the molecule is CCNCC(=O)N(C)Cc1c(C)noc1C. The highest BCUT2D eigenvalue weighted by molar-refractivity contribution is 5.77. The van der Waals surface area contributed by atoms with Gasteiger partial charge in [-0.1, -0.05) is 12.1 Å². The van der Waals surface area contributed by atoms with Crippen molar-refractivity contribution in [3.8, 4) is 0 Å². The van der Waals surface area contributed by atoms with Crippen molar-refractivity contribution in [3.05, 3.63) is 17.0 Å². The highest BCUT2D eigenvalue weighted by atomic mass is 16.5. The number of nitrogens with zero attached hydrogens (tertiary/aromatic N) is 2. The van der Waals surface area contributed by atoms with E-state index in [2.05, 4.69) is 10.5 Å². The van der Waals surface area contributed by atoms with E-state index in [1.54, 1.807) is 11.9 Å². The fourth-order valence-corrected chi connectivity index (χ4v) is 1.42. The first-order valence-electron chi connectivity index (χ1n) is 5.42. The van der Waals surface area contributed by atoms with E-state index in [1.807, 2.05) is 20.8 Å². The van der Waals surface area contributed by atoms with Crippen LogP contribution in [0.15, 0.2) is 4.52 Å². The smallest absolute Gasteiger partial charge is 0.236 e. The van der Waals surface area contributed by atoms with E-state index >= 15 is 0 Å². The lowest BCUT2D eigenvalue weighted by molar-refractivity contribution is -0.129. The molecule has 1 aromatic rings. The van der Waals surface area contributed by atoms with Crippen LogP contribution in [0.5, 0.6) is 0 Å². The first-order chi connectivity index (χ1) is 7.56. The van der Waals surface area contributed by atoms with Crippen molar-refractivity contribution in [2.24, 2.45) is 0 Å². The van der Waals surface area contributed by atoms with Gasteiger partial charge in [-0.3, -0.25) is 4.79 Å². The van der Waals surface area contributed by atoms with Gasteiger partial charge in [0.1, 0.15) is 5.76 Å². The molecule has 0 aromatic carbocycles. The molecule has 5 heteroatoms. The summed E-state index contributed by atoms with van der Waals surface area (Å²) in [5.41, 5.74) is 1.84. The zero-order valence-electron chi connectivity index (χ0n) is 10.3. The number of nitrogens with one attached hydrogen (secondary N) is 1. The molecular formula is C11H19N3O2. The van der Waals surface area contributed by atoms with Crippen molar-refractivity contribution in [2.45, 2.75) is 27.3 Å². The van der Waals surface area contributed by atoms with Gasteiger partial charge < -0.3 is 14.7 Å². The van der Waals surface area contributed by atoms with Crippen molar-refractivity contribution in [2.75, 3.05) is 20.1 Å². The molecule has 0 aliphatic heterocycles. The maximum absolute atomic E-state index is 11.7. The molecule has 0 saturated carbocycles. The van der Waals surface area contributed by atoms with Crippen LogP contribution in [-0.2, 0) is 11.3 Å². The van der Waals surface area contributed by atoms with E-state index in [-0.39, 0.29) is 5.91 Å². The van der Waals surface area contributed by atoms with Gasteiger partial charge >= 0.3 is 0 Å². The lowest BCUT2D eigenvalue weighted by Gasteiger charge is -2.17. The van der Waals surface area contributed by atoms with Gasteiger partial charge in [-0.05, 0) is 20.4 Å². The van der Waals surface area contributed by atoms with Crippen molar-refractivity contribution in [1.82, 2.24) is 15.4 Å². The molecule has 0 aliphatic rings. The monoisotopic (exact) mass is 225 g/mol. The number of likely N-dealkylation sites (N-methyl/N-ethyl adjacent to an activating group) is 2. The van der Waals surface area contributed by atoms with Gasteiger partial charge in [-0.15, -0.1) is 0 Å². The number of aromatic nitrogens is 1. The highest BCUT2D eigenvalue weighted by Gasteiger charge is 2.14. The first kappa shape index (κ1) is 12.7. The first-order valence-corrected chi connectivity index (χ1v) is 5.42. The number of amides is 1. The van der Waals surface area contributed by atoms with Gasteiger partial charge in [-0.2, -0.15) is 0 Å². The second kappa shape index (κ2) is 5.65. The minimum Gasteiger partial charge on any atom is -0.361 e. The number of rotatable bonds is 5. The summed E-state index contributed by atoms with van der Waals surface area (Å²) in [6.45, 7) is 7.43. The van der Waals surface area contributed by atoms with Crippen molar-refractivity contribution < 1.29 is 9.32 Å². The topological polar surface area (TPSA) is 58.4 Å². The van der Waals surface area contributed by atoms with E-state index in [9.17, 15) is 4.79 Å². The molecule has 1 heterocycles. The molecule has 1 N–H and O–H groups in total. The fraction of sp³-hybridized carbons (Fsp3) is 0.636. The number of hydrogen-bond donors (Lipinski definition) is 1. The van der Waals surface area contributed by atoms with Crippen LogP contribution in [0.3, 0.4) is 0 Å². The summed E-state index contributed by atoms with van der Waals surface area (Å²) < 4.78 is 5.05. The van der Waals surface area contributed by atoms with Crippen LogP contribution in [-0.4, -0.2) is 36.1 Å². The lowest BCUT2D eigenvalue weighted by Crippen LogP contribution is -2.35. The minimum atomic E-state index is 0.0712. The van der Waals surface area contributed by atoms with Crippen LogP contribution in [0.25, 0.3) is 0 Å². The predicted molar refractivity (Wildman–Crippen MR) is 61.0 cm³/mol. The molecule has 1 amide bonds. The van der Waals surface area contributed by atoms with Crippen LogP contribution in [0.4, 0.5) is 0 Å². The Labute approximate surface area is 95.8 Å². The maximum atomic E-state index is 11.7. The van der Waals surface area contributed by atoms with E-state index < -0.39 is 0 Å². The molecule has 1 rings (SSSR count). The number of carbonyl (C=O) groups excluding carboxylic acids is 1. The molecule has 0 fully saturated rings. The normalized spacial score (nSPS) is 10.5.